The zero-order valence-electron chi connectivity index (χ0n) is 16.6. The van der Waals surface area contributed by atoms with Gasteiger partial charge in [-0.2, -0.15) is 0 Å². The van der Waals surface area contributed by atoms with Gasteiger partial charge < -0.3 is 15.0 Å². The number of carbonyl (C=O) groups is 1. The van der Waals surface area contributed by atoms with Crippen molar-refractivity contribution in [2.24, 2.45) is 0 Å². The lowest BCUT2D eigenvalue weighted by Crippen LogP contribution is -2.51. The molecule has 1 atom stereocenters. The van der Waals surface area contributed by atoms with Crippen LogP contribution in [0.5, 0.6) is 5.75 Å². The van der Waals surface area contributed by atoms with Crippen molar-refractivity contribution in [1.29, 1.82) is 0 Å². The van der Waals surface area contributed by atoms with Crippen molar-refractivity contribution in [2.45, 2.75) is 62.9 Å². The van der Waals surface area contributed by atoms with E-state index in [0.29, 0.717) is 0 Å². The van der Waals surface area contributed by atoms with Gasteiger partial charge >= 0.3 is 0 Å². The Hall–Kier alpha value is -2.90. The average Bonchev–Trinajstić information content (AvgIpc) is 3.43. The van der Waals surface area contributed by atoms with E-state index in [-0.39, 0.29) is 11.9 Å². The molecule has 1 fully saturated rings. The highest BCUT2D eigenvalue weighted by Crippen LogP contribution is 2.39. The zero-order chi connectivity index (χ0) is 19.8. The Morgan fingerprint density at radius 3 is 2.90 bits per heavy atom. The number of H-pyrrole nitrogens is 1. The number of aromatic amines is 1. The van der Waals surface area contributed by atoms with Crippen molar-refractivity contribution in [1.82, 2.24) is 30.5 Å². The smallest absolute Gasteiger partial charge is 0.248 e. The average molecular weight is 394 g/mol. The molecule has 0 unspecified atom stereocenters. The molecule has 2 aromatic heterocycles. The number of amides is 1. The summed E-state index contributed by atoms with van der Waals surface area (Å²) in [6.45, 7) is 0. The molecule has 1 amide bonds. The Morgan fingerprint density at radius 1 is 1.28 bits per heavy atom. The number of hydrogen-bond acceptors (Lipinski definition) is 5. The van der Waals surface area contributed by atoms with Gasteiger partial charge in [0.2, 0.25) is 5.91 Å². The molecule has 0 radical (unpaired) electrons. The maximum absolute atomic E-state index is 13.6. The Morgan fingerprint density at radius 2 is 2.14 bits per heavy atom. The van der Waals surface area contributed by atoms with Crippen molar-refractivity contribution in [3.8, 4) is 5.75 Å². The highest BCUT2D eigenvalue weighted by molar-refractivity contribution is 5.88. The molecule has 8 nitrogen and oxygen atoms in total. The number of benzene rings is 1. The van der Waals surface area contributed by atoms with E-state index in [4.69, 9.17) is 4.74 Å². The second kappa shape index (κ2) is 7.17. The van der Waals surface area contributed by atoms with Crippen LogP contribution in [0.3, 0.4) is 0 Å². The van der Waals surface area contributed by atoms with Crippen LogP contribution in [0.4, 0.5) is 0 Å². The van der Waals surface area contributed by atoms with E-state index >= 15 is 0 Å². The molecular weight excluding hydrogens is 368 g/mol. The number of fused-ring (bicyclic) bond motifs is 3. The number of ether oxygens (including phenoxy) is 1. The summed E-state index contributed by atoms with van der Waals surface area (Å²) in [6.07, 6.45) is 9.26. The monoisotopic (exact) mass is 394 g/mol. The van der Waals surface area contributed by atoms with Crippen molar-refractivity contribution < 1.29 is 9.53 Å². The summed E-state index contributed by atoms with van der Waals surface area (Å²) in [6, 6.07) is 6.07. The van der Waals surface area contributed by atoms with E-state index in [2.05, 4.69) is 38.0 Å². The number of nitrogens with zero attached hydrogens (tertiary/aromatic N) is 4. The summed E-state index contributed by atoms with van der Waals surface area (Å²) in [7, 11) is 1.69. The highest BCUT2D eigenvalue weighted by Gasteiger charge is 2.43. The number of carbonyl (C=O) groups excluding carboxylic acids is 1. The van der Waals surface area contributed by atoms with Crippen molar-refractivity contribution in [3.63, 3.8) is 0 Å². The predicted molar refractivity (Wildman–Crippen MR) is 108 cm³/mol. The third-order valence-corrected chi connectivity index (χ3v) is 6.61. The van der Waals surface area contributed by atoms with Crippen molar-refractivity contribution in [2.75, 3.05) is 7.11 Å². The van der Waals surface area contributed by atoms with E-state index in [1.54, 1.807) is 18.1 Å². The highest BCUT2D eigenvalue weighted by atomic mass is 16.5. The minimum atomic E-state index is -0.686. The van der Waals surface area contributed by atoms with Gasteiger partial charge in [0, 0.05) is 16.6 Å². The fourth-order valence-electron chi connectivity index (χ4n) is 5.06. The maximum Gasteiger partial charge on any atom is 0.248 e. The number of nitrogens with one attached hydrogen (secondary N) is 2. The van der Waals surface area contributed by atoms with Crippen LogP contribution in [-0.2, 0) is 16.8 Å². The summed E-state index contributed by atoms with van der Waals surface area (Å²) in [4.78, 5) is 17.1. The lowest BCUT2D eigenvalue weighted by atomic mass is 9.80. The lowest BCUT2D eigenvalue weighted by Gasteiger charge is -2.37. The SMILES string of the molecule is COc1ccc2[nH]c3c(c2c1)CCC[C@H]3NC(=O)C1(n2cnnn2)CCCCC1. The lowest BCUT2D eigenvalue weighted by molar-refractivity contribution is -0.133. The quantitative estimate of drug-likeness (QED) is 0.709. The molecule has 1 aromatic carbocycles. The molecule has 0 saturated heterocycles. The number of tetrazole rings is 1. The van der Waals surface area contributed by atoms with Crippen LogP contribution in [0.15, 0.2) is 24.5 Å². The summed E-state index contributed by atoms with van der Waals surface area (Å²) in [5.74, 6) is 0.879. The predicted octanol–water partition coefficient (Wildman–Crippen LogP) is 3.02. The number of hydrogen-bond donors (Lipinski definition) is 2. The minimum Gasteiger partial charge on any atom is -0.497 e. The number of methoxy groups -OCH3 is 1. The molecule has 8 heteroatoms. The molecule has 2 aliphatic rings. The molecule has 2 aliphatic carbocycles. The largest absolute Gasteiger partial charge is 0.497 e. The van der Waals surface area contributed by atoms with Crippen molar-refractivity contribution >= 4 is 16.8 Å². The molecule has 152 valence electrons. The molecular formula is C21H26N6O2. The van der Waals surface area contributed by atoms with E-state index in [1.807, 2.05) is 6.07 Å². The summed E-state index contributed by atoms with van der Waals surface area (Å²) in [5.41, 5.74) is 2.81. The third kappa shape index (κ3) is 2.97. The molecule has 1 saturated carbocycles. The fourth-order valence-corrected chi connectivity index (χ4v) is 5.06. The summed E-state index contributed by atoms with van der Waals surface area (Å²) in [5, 5.41) is 16.2. The molecule has 5 rings (SSSR count). The van der Waals surface area contributed by atoms with E-state index in [0.717, 1.165) is 68.3 Å². The first-order valence-corrected chi connectivity index (χ1v) is 10.4. The standard InChI is InChI=1S/C21H26N6O2/c1-29-14-8-9-17-16(12-14)15-6-5-7-18(19(15)23-17)24-20(28)21(10-3-2-4-11-21)27-13-22-25-26-27/h8-9,12-13,18,23H,2-7,10-11H2,1H3,(H,24,28)/t18-/m1/s1. The molecule has 0 spiro atoms. The van der Waals surface area contributed by atoms with Crippen LogP contribution in [0.1, 0.15) is 62.2 Å². The molecule has 3 aromatic rings. The van der Waals surface area contributed by atoms with Crippen LogP contribution in [0.2, 0.25) is 0 Å². The Labute approximate surface area is 169 Å². The van der Waals surface area contributed by atoms with Crippen LogP contribution in [0, 0.1) is 0 Å². The Balaban J connectivity index is 1.47. The Kier molecular flexibility index (Phi) is 4.49. The first kappa shape index (κ1) is 18.1. The topological polar surface area (TPSA) is 97.7 Å². The number of rotatable bonds is 4. The molecule has 0 bridgehead atoms. The first-order chi connectivity index (χ1) is 14.2. The van der Waals surface area contributed by atoms with Gasteiger partial charge in [0.15, 0.2) is 0 Å². The molecule has 2 N–H and O–H groups in total. The fraction of sp³-hybridized carbons (Fsp3) is 0.524. The van der Waals surface area contributed by atoms with Crippen LogP contribution < -0.4 is 10.1 Å². The summed E-state index contributed by atoms with van der Waals surface area (Å²) < 4.78 is 7.07. The Bertz CT molecular complexity index is 1020. The first-order valence-electron chi connectivity index (χ1n) is 10.4. The van der Waals surface area contributed by atoms with Gasteiger partial charge in [-0.05, 0) is 66.3 Å². The second-order valence-electron chi connectivity index (χ2n) is 8.19. The van der Waals surface area contributed by atoms with Gasteiger partial charge in [0.25, 0.3) is 0 Å². The summed E-state index contributed by atoms with van der Waals surface area (Å²) >= 11 is 0. The maximum atomic E-state index is 13.6. The van der Waals surface area contributed by atoms with Gasteiger partial charge in [-0.3, -0.25) is 4.79 Å². The van der Waals surface area contributed by atoms with Crippen LogP contribution in [-0.4, -0.2) is 38.2 Å². The van der Waals surface area contributed by atoms with Gasteiger partial charge in [0.1, 0.15) is 17.6 Å². The van der Waals surface area contributed by atoms with Gasteiger partial charge in [-0.1, -0.05) is 19.3 Å². The zero-order valence-corrected chi connectivity index (χ0v) is 16.6. The number of aryl methyl sites for hydroxylation is 1. The molecule has 29 heavy (non-hydrogen) atoms. The van der Waals surface area contributed by atoms with Crippen LogP contribution in [0.25, 0.3) is 10.9 Å². The van der Waals surface area contributed by atoms with E-state index in [1.165, 1.54) is 10.9 Å². The van der Waals surface area contributed by atoms with Gasteiger partial charge in [0.05, 0.1) is 13.2 Å². The van der Waals surface area contributed by atoms with Gasteiger partial charge in [-0.15, -0.1) is 5.10 Å². The third-order valence-electron chi connectivity index (χ3n) is 6.61. The van der Waals surface area contributed by atoms with Gasteiger partial charge in [-0.25, -0.2) is 4.68 Å². The van der Waals surface area contributed by atoms with Crippen LogP contribution >= 0.6 is 0 Å². The van der Waals surface area contributed by atoms with E-state index in [9.17, 15) is 4.79 Å². The van der Waals surface area contributed by atoms with E-state index < -0.39 is 5.54 Å². The molecule has 2 heterocycles. The minimum absolute atomic E-state index is 0.0265. The van der Waals surface area contributed by atoms with Crippen molar-refractivity contribution in [3.05, 3.63) is 35.8 Å². The molecule has 0 aliphatic heterocycles. The number of aromatic nitrogens is 5. The second-order valence-corrected chi connectivity index (χ2v) is 8.19. The normalized spacial score (nSPS) is 20.9.